The van der Waals surface area contributed by atoms with Gasteiger partial charge in [0, 0.05) is 30.3 Å². The molecule has 1 aromatic rings. The Labute approximate surface area is 333 Å². The fourth-order valence-electron chi connectivity index (χ4n) is 14.5. The number of allylic oxidation sites excluding steroid dienone is 1. The van der Waals surface area contributed by atoms with Crippen molar-refractivity contribution < 1.29 is 39.4 Å². The van der Waals surface area contributed by atoms with Crippen LogP contribution in [-0.2, 0) is 19.0 Å². The summed E-state index contributed by atoms with van der Waals surface area (Å²) in [5, 5.41) is 48.0. The van der Waals surface area contributed by atoms with Gasteiger partial charge in [0.1, 0.15) is 18.8 Å². The van der Waals surface area contributed by atoms with E-state index in [1.807, 2.05) is 31.2 Å². The molecular weight excluding hydrogens is 705 g/mol. The van der Waals surface area contributed by atoms with Crippen LogP contribution in [0.15, 0.2) is 42.0 Å². The molecule has 0 unspecified atom stereocenters. The molecule has 1 spiro atoms. The van der Waals surface area contributed by atoms with Crippen molar-refractivity contribution in [3.63, 3.8) is 0 Å². The first-order valence-electron chi connectivity index (χ1n) is 21.9. The maximum absolute atomic E-state index is 14.8. The van der Waals surface area contributed by atoms with Gasteiger partial charge in [-0.15, -0.1) is 5.92 Å². The van der Waals surface area contributed by atoms with Crippen LogP contribution in [0.5, 0.6) is 0 Å². The molecule has 0 radical (unpaired) electrons. The van der Waals surface area contributed by atoms with Crippen LogP contribution in [-0.4, -0.2) is 87.8 Å². The number of ketones is 1. The third-order valence-electron chi connectivity index (χ3n) is 17.1. The Kier molecular flexibility index (Phi) is 10.2. The SMILES string of the molecule is C[C@@H]1[C@@H](CO)[C@@H]2O[C@@H]1[C@H](O)C#CC[C@@H]1C[C@H]3C4=CC(=O)[C@@H]5C[C@H](CC[C@@]53C)OC[C@@H](c3ccccc3)C#CCO[C@]43CC[C@H]([C@](C)(O)[C@@H]2O)[C@@]13C1CCCCC1. The number of fused-ring (bicyclic) bond motifs is 4. The molecule has 5 heterocycles. The van der Waals surface area contributed by atoms with Gasteiger partial charge in [-0.1, -0.05) is 81.2 Å². The number of carbonyl (C=O) groups is 1. The zero-order valence-electron chi connectivity index (χ0n) is 33.5. The molecule has 8 nitrogen and oxygen atoms in total. The maximum Gasteiger partial charge on any atom is 0.159 e. The van der Waals surface area contributed by atoms with Crippen molar-refractivity contribution in [2.75, 3.05) is 19.8 Å². The number of hydrogen-bond donors (Lipinski definition) is 4. The molecule has 16 atom stereocenters. The topological polar surface area (TPSA) is 126 Å². The third-order valence-corrected chi connectivity index (χ3v) is 17.1. The summed E-state index contributed by atoms with van der Waals surface area (Å²) in [6.07, 6.45) is 8.03. The first-order chi connectivity index (χ1) is 27.0. The summed E-state index contributed by atoms with van der Waals surface area (Å²) in [5.41, 5.74) is -1.41. The number of aliphatic hydroxyl groups is 4. The van der Waals surface area contributed by atoms with E-state index in [1.54, 1.807) is 6.92 Å². The highest BCUT2D eigenvalue weighted by molar-refractivity contribution is 5.95. The van der Waals surface area contributed by atoms with E-state index in [0.29, 0.717) is 32.3 Å². The van der Waals surface area contributed by atoms with Crippen molar-refractivity contribution in [2.24, 2.45) is 52.3 Å². The van der Waals surface area contributed by atoms with E-state index >= 15 is 0 Å². The highest BCUT2D eigenvalue weighted by Gasteiger charge is 2.76. The molecule has 5 aliphatic heterocycles. The minimum absolute atomic E-state index is 0.0260. The summed E-state index contributed by atoms with van der Waals surface area (Å²) in [6, 6.07) is 10.3. The molecule has 56 heavy (non-hydrogen) atoms. The summed E-state index contributed by atoms with van der Waals surface area (Å²) >= 11 is 0. The van der Waals surface area contributed by atoms with Gasteiger partial charge in [-0.2, -0.15) is 0 Å². The van der Waals surface area contributed by atoms with Crippen molar-refractivity contribution in [1.29, 1.82) is 0 Å². The smallest absolute Gasteiger partial charge is 0.159 e. The van der Waals surface area contributed by atoms with Crippen LogP contribution in [0.3, 0.4) is 0 Å². The minimum atomic E-state index is -1.65. The van der Waals surface area contributed by atoms with E-state index in [1.165, 1.54) is 0 Å². The predicted molar refractivity (Wildman–Crippen MR) is 211 cm³/mol. The quantitative estimate of drug-likeness (QED) is 0.287. The molecule has 0 aromatic heterocycles. The molecule has 4 saturated carbocycles. The Bertz CT molecular complexity index is 1810. The average molecular weight is 767 g/mol. The summed E-state index contributed by atoms with van der Waals surface area (Å²) < 4.78 is 20.7. The van der Waals surface area contributed by atoms with Gasteiger partial charge in [0.2, 0.25) is 0 Å². The molecular formula is C48H62O8. The normalized spacial score (nSPS) is 48.9. The van der Waals surface area contributed by atoms with E-state index in [0.717, 1.165) is 62.5 Å². The molecule has 11 rings (SSSR count). The lowest BCUT2D eigenvalue weighted by molar-refractivity contribution is -0.245. The van der Waals surface area contributed by atoms with Crippen molar-refractivity contribution in [1.82, 2.24) is 0 Å². The van der Waals surface area contributed by atoms with Crippen molar-refractivity contribution in [3.05, 3.63) is 47.5 Å². The molecule has 1 aromatic carbocycles. The molecule has 5 fully saturated rings. The number of ether oxygens (including phenoxy) is 3. The van der Waals surface area contributed by atoms with Crippen molar-refractivity contribution >= 4 is 5.78 Å². The second-order valence-corrected chi connectivity index (χ2v) is 19.4. The summed E-state index contributed by atoms with van der Waals surface area (Å²) in [6.45, 7) is 6.42. The first kappa shape index (κ1) is 39.0. The van der Waals surface area contributed by atoms with E-state index in [2.05, 4.69) is 42.7 Å². The first-order valence-corrected chi connectivity index (χ1v) is 21.9. The molecule has 0 amide bonds. The molecule has 1 saturated heterocycles. The predicted octanol–water partition coefficient (Wildman–Crippen LogP) is 5.75. The Morgan fingerprint density at radius 2 is 1.68 bits per heavy atom. The monoisotopic (exact) mass is 766 g/mol. The highest BCUT2D eigenvalue weighted by atomic mass is 16.5. The second-order valence-electron chi connectivity index (χ2n) is 19.4. The molecule has 8 heteroatoms. The zero-order valence-corrected chi connectivity index (χ0v) is 33.5. The lowest BCUT2D eigenvalue weighted by atomic mass is 9.39. The van der Waals surface area contributed by atoms with Gasteiger partial charge in [-0.25, -0.2) is 0 Å². The Hall–Kier alpha value is -2.53. The Morgan fingerprint density at radius 1 is 0.893 bits per heavy atom. The van der Waals surface area contributed by atoms with Gasteiger partial charge in [-0.3, -0.25) is 4.79 Å². The van der Waals surface area contributed by atoms with Crippen LogP contribution in [0.2, 0.25) is 0 Å². The largest absolute Gasteiger partial charge is 0.396 e. The molecule has 10 aliphatic rings. The van der Waals surface area contributed by atoms with Crippen LogP contribution in [0.4, 0.5) is 0 Å². The van der Waals surface area contributed by atoms with Gasteiger partial charge in [0.15, 0.2) is 5.78 Å². The molecule has 8 bridgehead atoms. The molecule has 4 N–H and O–H groups in total. The summed E-state index contributed by atoms with van der Waals surface area (Å²) in [4.78, 5) is 14.8. The van der Waals surface area contributed by atoms with Crippen LogP contribution < -0.4 is 0 Å². The van der Waals surface area contributed by atoms with Crippen LogP contribution in [0.1, 0.15) is 109 Å². The van der Waals surface area contributed by atoms with E-state index < -0.39 is 52.9 Å². The van der Waals surface area contributed by atoms with Gasteiger partial charge in [0.05, 0.1) is 42.0 Å². The summed E-state index contributed by atoms with van der Waals surface area (Å²) in [7, 11) is 0. The third kappa shape index (κ3) is 5.71. The highest BCUT2D eigenvalue weighted by Crippen LogP contribution is 2.75. The Balaban J connectivity index is 1.27. The van der Waals surface area contributed by atoms with E-state index in [4.69, 9.17) is 14.2 Å². The molecule has 5 aliphatic carbocycles. The lowest BCUT2D eigenvalue weighted by Gasteiger charge is -2.67. The fraction of sp³-hybridized carbons (Fsp3) is 0.729. The maximum atomic E-state index is 14.8. The lowest BCUT2D eigenvalue weighted by Crippen LogP contribution is -2.70. The summed E-state index contributed by atoms with van der Waals surface area (Å²) in [5.74, 6) is 12.5. The van der Waals surface area contributed by atoms with E-state index in [9.17, 15) is 25.2 Å². The van der Waals surface area contributed by atoms with Crippen molar-refractivity contribution in [3.8, 4) is 23.7 Å². The minimum Gasteiger partial charge on any atom is -0.396 e. The van der Waals surface area contributed by atoms with E-state index in [-0.39, 0.29) is 66.0 Å². The van der Waals surface area contributed by atoms with Crippen LogP contribution >= 0.6 is 0 Å². The van der Waals surface area contributed by atoms with Crippen molar-refractivity contribution in [2.45, 2.75) is 145 Å². The van der Waals surface area contributed by atoms with Gasteiger partial charge in [-0.05, 0) is 111 Å². The fourth-order valence-corrected chi connectivity index (χ4v) is 14.5. The Morgan fingerprint density at radius 3 is 2.45 bits per heavy atom. The van der Waals surface area contributed by atoms with Gasteiger partial charge < -0.3 is 34.6 Å². The number of aliphatic hydroxyl groups excluding tert-OH is 3. The number of carbonyl (C=O) groups excluding carboxylic acids is 1. The average Bonchev–Trinajstić information content (AvgIpc) is 3.74. The number of hydrogen-bond acceptors (Lipinski definition) is 8. The van der Waals surface area contributed by atoms with Crippen LogP contribution in [0, 0.1) is 75.9 Å². The second kappa shape index (κ2) is 14.6. The number of rotatable bonds is 3. The number of benzene rings is 1. The molecule has 302 valence electrons. The van der Waals surface area contributed by atoms with Gasteiger partial charge >= 0.3 is 0 Å². The van der Waals surface area contributed by atoms with Gasteiger partial charge in [0.25, 0.3) is 0 Å². The standard InChI is InChI=1S/C48H62O8/c1-29-35(27-49)43-44(52)46(3,53)41-20-22-47-37-26-40(51)38-25-34(54-28-31(14-11-23-55-47)30-12-6-4-7-13-30)19-21-45(38,2)36(37)24-33(17-10-18-39(50)42(29)56-43)48(41,47)32-15-8-5-9-16-32/h4,6-7,12-13,26,29,31-36,38-39,41-44,49-50,52-53H,5,8-9,15-17,19-25,27-28H2,1-3H3/t29-,31+,33-,34+,35-,36+,38+,39-,41-,42+,43+,44-,45-,46+,47-,48-/m1/s1. The zero-order chi connectivity index (χ0) is 39.0. The van der Waals surface area contributed by atoms with Crippen LogP contribution in [0.25, 0.3) is 0 Å².